The van der Waals surface area contributed by atoms with Crippen molar-refractivity contribution in [3.63, 3.8) is 0 Å². The van der Waals surface area contributed by atoms with Crippen molar-refractivity contribution in [1.29, 1.82) is 0 Å². The molecule has 17 heavy (non-hydrogen) atoms. The third-order valence-corrected chi connectivity index (χ3v) is 2.01. The van der Waals surface area contributed by atoms with E-state index in [0.717, 1.165) is 22.3 Å². The van der Waals surface area contributed by atoms with E-state index in [9.17, 15) is 0 Å². The van der Waals surface area contributed by atoms with E-state index in [4.69, 9.17) is 0 Å². The number of hydrogen-bond donors (Lipinski definition) is 1. The third-order valence-electron chi connectivity index (χ3n) is 2.01. The smallest absolute Gasteiger partial charge is 0.0909 e. The molecule has 3 nitrogen and oxygen atoms in total. The molecule has 0 amide bonds. The van der Waals surface area contributed by atoms with Crippen LogP contribution in [0.2, 0.25) is 0 Å². The Morgan fingerprint density at radius 3 is 2.35 bits per heavy atom. The second kappa shape index (κ2) is 8.50. The van der Waals surface area contributed by atoms with Crippen LogP contribution < -0.4 is 5.32 Å². The maximum absolute atomic E-state index is 4.38. The van der Waals surface area contributed by atoms with Crippen LogP contribution in [0.25, 0.3) is 10.9 Å². The second-order valence-corrected chi connectivity index (χ2v) is 2.95. The van der Waals surface area contributed by atoms with Gasteiger partial charge in [-0.25, -0.2) is 0 Å². The first kappa shape index (κ1) is 15.4. The molecular weight excluding hydrogens is 210 g/mol. The highest BCUT2D eigenvalue weighted by atomic mass is 14.8. The number of rotatable bonds is 1. The van der Waals surface area contributed by atoms with E-state index < -0.39 is 0 Å². The predicted octanol–water partition coefficient (Wildman–Crippen LogP) is 4.03. The van der Waals surface area contributed by atoms with Gasteiger partial charge in [0.25, 0.3) is 0 Å². The fourth-order valence-corrected chi connectivity index (χ4v) is 1.42. The lowest BCUT2D eigenvalue weighted by molar-refractivity contribution is 1.23. The van der Waals surface area contributed by atoms with Crippen LogP contribution in [-0.2, 0) is 0 Å². The molecule has 2 heterocycles. The molecule has 2 rings (SSSR count). The zero-order valence-corrected chi connectivity index (χ0v) is 11.7. The van der Waals surface area contributed by atoms with Crippen molar-refractivity contribution in [3.8, 4) is 0 Å². The molecule has 0 bridgehead atoms. The molecule has 0 aromatic carbocycles. The molecule has 2 aromatic rings. The largest absolute Gasteiger partial charge is 0.388 e. The van der Waals surface area contributed by atoms with E-state index in [0.29, 0.717) is 0 Å². The van der Waals surface area contributed by atoms with E-state index in [1.165, 1.54) is 0 Å². The van der Waals surface area contributed by atoms with Crippen molar-refractivity contribution < 1.29 is 0 Å². The molecule has 0 aliphatic carbocycles. The van der Waals surface area contributed by atoms with Gasteiger partial charge in [-0.3, -0.25) is 9.97 Å². The fraction of sp³-hybridized carbons (Fsp3) is 0.429. The van der Waals surface area contributed by atoms with Gasteiger partial charge in [0.15, 0.2) is 0 Å². The van der Waals surface area contributed by atoms with Crippen LogP contribution in [0.15, 0.2) is 24.5 Å². The molecule has 0 aliphatic rings. The highest BCUT2D eigenvalue weighted by Gasteiger charge is 2.00. The Morgan fingerprint density at radius 2 is 1.76 bits per heavy atom. The highest BCUT2D eigenvalue weighted by Crippen LogP contribution is 2.20. The predicted molar refractivity (Wildman–Crippen MR) is 76.5 cm³/mol. The van der Waals surface area contributed by atoms with Gasteiger partial charge in [0.05, 0.1) is 11.7 Å². The molecule has 0 atom stereocenters. The number of nitrogens with one attached hydrogen (secondary N) is 1. The van der Waals surface area contributed by atoms with Crippen LogP contribution in [0, 0.1) is 6.92 Å². The standard InChI is InChI=1S/C10H11N3.2C2H6/c1-7-5-9(11-2)8-3-4-12-6-10(8)13-7;2*1-2/h3-6H,1-2H3,(H,11,13);2*1-2H3. The number of pyridine rings is 2. The summed E-state index contributed by atoms with van der Waals surface area (Å²) in [6, 6.07) is 4.00. The highest BCUT2D eigenvalue weighted by molar-refractivity contribution is 5.90. The van der Waals surface area contributed by atoms with Gasteiger partial charge in [-0.05, 0) is 19.1 Å². The fourth-order valence-electron chi connectivity index (χ4n) is 1.42. The first-order valence-corrected chi connectivity index (χ1v) is 6.20. The number of fused-ring (bicyclic) bond motifs is 1. The average molecular weight is 233 g/mol. The maximum Gasteiger partial charge on any atom is 0.0909 e. The van der Waals surface area contributed by atoms with Gasteiger partial charge in [-0.15, -0.1) is 0 Å². The average Bonchev–Trinajstić information content (AvgIpc) is 2.42. The van der Waals surface area contributed by atoms with Crippen molar-refractivity contribution >= 4 is 16.6 Å². The Hall–Kier alpha value is -1.64. The van der Waals surface area contributed by atoms with Crippen molar-refractivity contribution in [2.45, 2.75) is 34.6 Å². The summed E-state index contributed by atoms with van der Waals surface area (Å²) in [5.74, 6) is 0. The van der Waals surface area contributed by atoms with Gasteiger partial charge in [0.1, 0.15) is 0 Å². The summed E-state index contributed by atoms with van der Waals surface area (Å²) in [7, 11) is 1.91. The molecule has 2 aromatic heterocycles. The van der Waals surface area contributed by atoms with Crippen LogP contribution in [-0.4, -0.2) is 17.0 Å². The molecule has 0 aliphatic heterocycles. The summed E-state index contributed by atoms with van der Waals surface area (Å²) in [5.41, 5.74) is 3.04. The summed E-state index contributed by atoms with van der Waals surface area (Å²) < 4.78 is 0. The van der Waals surface area contributed by atoms with E-state index in [1.54, 1.807) is 12.4 Å². The maximum atomic E-state index is 4.38. The molecule has 0 radical (unpaired) electrons. The Bertz CT molecular complexity index is 438. The van der Waals surface area contributed by atoms with Gasteiger partial charge < -0.3 is 5.32 Å². The Kier molecular flexibility index (Phi) is 7.68. The molecule has 0 fully saturated rings. The normalized spacial score (nSPS) is 8.59. The van der Waals surface area contributed by atoms with Gasteiger partial charge in [0, 0.05) is 30.0 Å². The molecule has 0 spiro atoms. The second-order valence-electron chi connectivity index (χ2n) is 2.95. The summed E-state index contributed by atoms with van der Waals surface area (Å²) in [5, 5.41) is 4.26. The lowest BCUT2D eigenvalue weighted by atomic mass is 10.2. The van der Waals surface area contributed by atoms with E-state index >= 15 is 0 Å². The Morgan fingerprint density at radius 1 is 1.12 bits per heavy atom. The van der Waals surface area contributed by atoms with Gasteiger partial charge in [-0.1, -0.05) is 27.7 Å². The molecule has 1 N–H and O–H groups in total. The number of anilines is 1. The van der Waals surface area contributed by atoms with Crippen LogP contribution in [0.3, 0.4) is 0 Å². The minimum absolute atomic E-state index is 0.937. The minimum atomic E-state index is 0.937. The van der Waals surface area contributed by atoms with Crippen LogP contribution >= 0.6 is 0 Å². The number of aryl methyl sites for hydroxylation is 1. The first-order valence-electron chi connectivity index (χ1n) is 6.20. The van der Waals surface area contributed by atoms with Gasteiger partial charge >= 0.3 is 0 Å². The quantitative estimate of drug-likeness (QED) is 0.808. The Balaban J connectivity index is 0.000000581. The molecule has 0 saturated carbocycles. The lowest BCUT2D eigenvalue weighted by Crippen LogP contribution is -1.93. The molecule has 94 valence electrons. The number of aromatic nitrogens is 2. The topological polar surface area (TPSA) is 37.8 Å². The zero-order chi connectivity index (χ0) is 13.3. The molecule has 3 heteroatoms. The van der Waals surface area contributed by atoms with E-state index in [-0.39, 0.29) is 0 Å². The molecular formula is C14H23N3. The summed E-state index contributed by atoms with van der Waals surface area (Å²) in [6.07, 6.45) is 3.56. The summed E-state index contributed by atoms with van der Waals surface area (Å²) >= 11 is 0. The third kappa shape index (κ3) is 4.02. The summed E-state index contributed by atoms with van der Waals surface area (Å²) in [4.78, 5) is 8.42. The Labute approximate surface area is 104 Å². The zero-order valence-electron chi connectivity index (χ0n) is 11.7. The van der Waals surface area contributed by atoms with E-state index in [2.05, 4.69) is 15.3 Å². The van der Waals surface area contributed by atoms with Crippen molar-refractivity contribution in [3.05, 3.63) is 30.2 Å². The molecule has 0 saturated heterocycles. The molecule has 0 unspecified atom stereocenters. The van der Waals surface area contributed by atoms with Crippen molar-refractivity contribution in [2.24, 2.45) is 0 Å². The number of nitrogens with zero attached hydrogens (tertiary/aromatic N) is 2. The van der Waals surface area contributed by atoms with Crippen LogP contribution in [0.5, 0.6) is 0 Å². The first-order chi connectivity index (χ1) is 8.31. The lowest BCUT2D eigenvalue weighted by Gasteiger charge is -2.05. The van der Waals surface area contributed by atoms with Crippen molar-refractivity contribution in [2.75, 3.05) is 12.4 Å². The van der Waals surface area contributed by atoms with E-state index in [1.807, 2.05) is 53.8 Å². The van der Waals surface area contributed by atoms with Gasteiger partial charge in [0.2, 0.25) is 0 Å². The monoisotopic (exact) mass is 233 g/mol. The number of hydrogen-bond acceptors (Lipinski definition) is 3. The van der Waals surface area contributed by atoms with Crippen molar-refractivity contribution in [1.82, 2.24) is 9.97 Å². The SMILES string of the molecule is CC.CC.CNc1cc(C)nc2cnccc12. The summed E-state index contributed by atoms with van der Waals surface area (Å²) in [6.45, 7) is 9.98. The van der Waals surface area contributed by atoms with Crippen LogP contribution in [0.1, 0.15) is 33.4 Å². The minimum Gasteiger partial charge on any atom is -0.388 e. The van der Waals surface area contributed by atoms with Gasteiger partial charge in [-0.2, -0.15) is 0 Å². The van der Waals surface area contributed by atoms with Crippen LogP contribution in [0.4, 0.5) is 5.69 Å².